The number of carbonyl (C=O) groups is 1. The molecule has 0 atom stereocenters. The fourth-order valence-electron chi connectivity index (χ4n) is 1.19. The topological polar surface area (TPSA) is 29.4 Å². The molecule has 2 nitrogen and oxygen atoms in total. The van der Waals surface area contributed by atoms with Gasteiger partial charge >= 0.3 is 0 Å². The van der Waals surface area contributed by atoms with Crippen LogP contribution in [0.4, 0.5) is 0 Å². The van der Waals surface area contributed by atoms with Crippen molar-refractivity contribution in [1.82, 2.24) is 0 Å². The summed E-state index contributed by atoms with van der Waals surface area (Å²) in [6.45, 7) is 4.70. The van der Waals surface area contributed by atoms with E-state index in [4.69, 9.17) is 11.6 Å². The molecule has 0 bridgehead atoms. The Hall–Kier alpha value is -0.630. The quantitative estimate of drug-likeness (QED) is 0.620. The van der Waals surface area contributed by atoms with Crippen LogP contribution >= 0.6 is 11.6 Å². The van der Waals surface area contributed by atoms with E-state index in [9.17, 15) is 4.79 Å². The zero-order valence-corrected chi connectivity index (χ0v) is 8.06. The molecule has 66 valence electrons. The van der Waals surface area contributed by atoms with E-state index in [1.807, 2.05) is 13.8 Å². The first kappa shape index (κ1) is 9.46. The highest BCUT2D eigenvalue weighted by atomic mass is 35.5. The highest BCUT2D eigenvalue weighted by molar-refractivity contribution is 6.44. The fraction of sp³-hybridized carbons (Fsp3) is 0.556. The first-order valence-corrected chi connectivity index (χ1v) is 4.40. The molecule has 0 fully saturated rings. The summed E-state index contributed by atoms with van der Waals surface area (Å²) in [7, 11) is 0. The molecular formula is C9H12ClNO. The number of aliphatic imine (C=N–C) groups is 1. The first-order valence-electron chi connectivity index (χ1n) is 4.02. The van der Waals surface area contributed by atoms with E-state index in [1.165, 1.54) is 0 Å². The zero-order valence-electron chi connectivity index (χ0n) is 7.30. The minimum Gasteiger partial charge on any atom is -0.303 e. The summed E-state index contributed by atoms with van der Waals surface area (Å²) in [5.41, 5.74) is 1.89. The van der Waals surface area contributed by atoms with Crippen LogP contribution in [0.25, 0.3) is 0 Å². The van der Waals surface area contributed by atoms with Crippen molar-refractivity contribution < 1.29 is 4.79 Å². The summed E-state index contributed by atoms with van der Waals surface area (Å²) in [5, 5.41) is 0.706. The van der Waals surface area contributed by atoms with Gasteiger partial charge in [0, 0.05) is 6.42 Å². The minimum absolute atomic E-state index is 0.349. The molecule has 0 saturated heterocycles. The van der Waals surface area contributed by atoms with Gasteiger partial charge in [-0.2, -0.15) is 0 Å². The normalized spacial score (nSPS) is 17.2. The maximum absolute atomic E-state index is 10.2. The van der Waals surface area contributed by atoms with Crippen LogP contribution in [0.1, 0.15) is 20.3 Å². The van der Waals surface area contributed by atoms with Gasteiger partial charge in [-0.3, -0.25) is 4.99 Å². The van der Waals surface area contributed by atoms with Crippen molar-refractivity contribution in [2.75, 3.05) is 6.54 Å². The molecule has 0 unspecified atom stereocenters. The van der Waals surface area contributed by atoms with Gasteiger partial charge in [-0.1, -0.05) is 25.4 Å². The largest absolute Gasteiger partial charge is 0.303 e. The Labute approximate surface area is 77.3 Å². The summed E-state index contributed by atoms with van der Waals surface area (Å²) >= 11 is 6.01. The van der Waals surface area contributed by atoms with Gasteiger partial charge in [0.05, 0.1) is 17.3 Å². The van der Waals surface area contributed by atoms with Crippen LogP contribution in [-0.4, -0.2) is 18.5 Å². The zero-order chi connectivity index (χ0) is 9.14. The predicted molar refractivity (Wildman–Crippen MR) is 50.7 cm³/mol. The van der Waals surface area contributed by atoms with Gasteiger partial charge in [-0.05, 0) is 11.5 Å². The smallest absolute Gasteiger partial charge is 0.124 e. The lowest BCUT2D eigenvalue weighted by atomic mass is 10.1. The molecule has 3 heteroatoms. The third-order valence-corrected chi connectivity index (χ3v) is 2.31. The average molecular weight is 186 g/mol. The fourth-order valence-corrected chi connectivity index (χ4v) is 1.61. The lowest BCUT2D eigenvalue weighted by Gasteiger charge is -2.03. The number of aldehydes is 1. The Morgan fingerprint density at radius 2 is 2.33 bits per heavy atom. The Morgan fingerprint density at radius 3 is 2.75 bits per heavy atom. The first-order chi connectivity index (χ1) is 5.66. The summed E-state index contributed by atoms with van der Waals surface area (Å²) in [5.74, 6) is 0.349. The van der Waals surface area contributed by atoms with Crippen molar-refractivity contribution >= 4 is 23.6 Å². The molecule has 1 heterocycles. The average Bonchev–Trinajstić information content (AvgIpc) is 2.34. The standard InChI is InChI=1S/C9H12ClNO/c1-6(2)9-8(10)7(3-4-12)5-11-9/h4,6H,3,5H2,1-2H3. The van der Waals surface area contributed by atoms with Crippen molar-refractivity contribution in [2.24, 2.45) is 10.9 Å². The molecule has 0 spiro atoms. The maximum atomic E-state index is 10.2. The molecule has 0 aromatic carbocycles. The molecule has 0 aromatic rings. The number of allylic oxidation sites excluding steroid dienone is 1. The molecule has 0 aliphatic carbocycles. The van der Waals surface area contributed by atoms with E-state index in [1.54, 1.807) is 0 Å². The second-order valence-electron chi connectivity index (χ2n) is 3.14. The number of carbonyl (C=O) groups excluding carboxylic acids is 1. The van der Waals surface area contributed by atoms with Crippen molar-refractivity contribution in [1.29, 1.82) is 0 Å². The molecule has 1 aliphatic heterocycles. The molecule has 0 amide bonds. The van der Waals surface area contributed by atoms with E-state index < -0.39 is 0 Å². The molecule has 12 heavy (non-hydrogen) atoms. The number of nitrogens with zero attached hydrogens (tertiary/aromatic N) is 1. The van der Waals surface area contributed by atoms with Crippen LogP contribution in [0, 0.1) is 5.92 Å². The molecular weight excluding hydrogens is 174 g/mol. The van der Waals surface area contributed by atoms with Crippen molar-refractivity contribution in [2.45, 2.75) is 20.3 Å². The van der Waals surface area contributed by atoms with E-state index in [2.05, 4.69) is 4.99 Å². The SMILES string of the molecule is CC(C)C1=NCC(CC=O)=C1Cl. The third kappa shape index (κ3) is 1.75. The molecule has 0 aromatic heterocycles. The van der Waals surface area contributed by atoms with Crippen molar-refractivity contribution in [3.05, 3.63) is 10.6 Å². The van der Waals surface area contributed by atoms with Crippen molar-refractivity contribution in [3.63, 3.8) is 0 Å². The Bertz CT molecular complexity index is 253. The Morgan fingerprint density at radius 1 is 1.67 bits per heavy atom. The van der Waals surface area contributed by atoms with Gasteiger partial charge in [0.15, 0.2) is 0 Å². The van der Waals surface area contributed by atoms with Crippen LogP contribution in [-0.2, 0) is 4.79 Å². The Kier molecular flexibility index (Phi) is 3.04. The number of hydrogen-bond donors (Lipinski definition) is 0. The molecule has 0 saturated carbocycles. The van der Waals surface area contributed by atoms with Crippen LogP contribution < -0.4 is 0 Å². The van der Waals surface area contributed by atoms with E-state index in [0.717, 1.165) is 17.6 Å². The van der Waals surface area contributed by atoms with Crippen LogP contribution in [0.15, 0.2) is 15.6 Å². The van der Waals surface area contributed by atoms with Crippen LogP contribution in [0.2, 0.25) is 0 Å². The molecule has 0 radical (unpaired) electrons. The molecule has 1 rings (SSSR count). The van der Waals surface area contributed by atoms with Gasteiger partial charge in [0.25, 0.3) is 0 Å². The van der Waals surface area contributed by atoms with Crippen LogP contribution in [0.3, 0.4) is 0 Å². The van der Waals surface area contributed by atoms with Gasteiger partial charge in [0.2, 0.25) is 0 Å². The van der Waals surface area contributed by atoms with Gasteiger partial charge in [-0.25, -0.2) is 0 Å². The summed E-state index contributed by atoms with van der Waals surface area (Å²) < 4.78 is 0. The van der Waals surface area contributed by atoms with E-state index in [-0.39, 0.29) is 0 Å². The van der Waals surface area contributed by atoms with Gasteiger partial charge in [-0.15, -0.1) is 0 Å². The Balaban J connectivity index is 2.78. The molecule has 0 N–H and O–H groups in total. The minimum atomic E-state index is 0.349. The van der Waals surface area contributed by atoms with E-state index >= 15 is 0 Å². The van der Waals surface area contributed by atoms with Crippen molar-refractivity contribution in [3.8, 4) is 0 Å². The number of rotatable bonds is 3. The van der Waals surface area contributed by atoms with E-state index in [0.29, 0.717) is 23.9 Å². The lowest BCUT2D eigenvalue weighted by molar-refractivity contribution is -0.107. The summed E-state index contributed by atoms with van der Waals surface area (Å²) in [4.78, 5) is 14.5. The lowest BCUT2D eigenvalue weighted by Crippen LogP contribution is -2.05. The maximum Gasteiger partial charge on any atom is 0.124 e. The van der Waals surface area contributed by atoms with Gasteiger partial charge in [0.1, 0.15) is 6.29 Å². The summed E-state index contributed by atoms with van der Waals surface area (Å²) in [6, 6.07) is 0. The third-order valence-electron chi connectivity index (χ3n) is 1.85. The number of halogens is 1. The predicted octanol–water partition coefficient (Wildman–Crippen LogP) is 2.18. The van der Waals surface area contributed by atoms with Crippen LogP contribution in [0.5, 0.6) is 0 Å². The monoisotopic (exact) mass is 185 g/mol. The summed E-state index contributed by atoms with van der Waals surface area (Å²) in [6.07, 6.45) is 1.29. The van der Waals surface area contributed by atoms with Gasteiger partial charge < -0.3 is 4.79 Å². The highest BCUT2D eigenvalue weighted by Gasteiger charge is 2.19. The number of hydrogen-bond acceptors (Lipinski definition) is 2. The second kappa shape index (κ2) is 3.85. The highest BCUT2D eigenvalue weighted by Crippen LogP contribution is 2.24. The second-order valence-corrected chi connectivity index (χ2v) is 3.52. The molecule has 1 aliphatic rings.